The van der Waals surface area contributed by atoms with Crippen molar-refractivity contribution in [3.05, 3.63) is 29.8 Å². The van der Waals surface area contributed by atoms with Crippen LogP contribution >= 0.6 is 0 Å². The van der Waals surface area contributed by atoms with Crippen molar-refractivity contribution in [1.29, 1.82) is 0 Å². The number of para-hydroxylation sites is 1. The van der Waals surface area contributed by atoms with Crippen molar-refractivity contribution < 1.29 is 19.4 Å². The summed E-state index contributed by atoms with van der Waals surface area (Å²) in [6, 6.07) is 5.83. The summed E-state index contributed by atoms with van der Waals surface area (Å²) in [5, 5.41) is 14.4. The molecule has 1 aromatic rings. The van der Waals surface area contributed by atoms with Crippen LogP contribution in [0.1, 0.15) is 31.9 Å². The summed E-state index contributed by atoms with van der Waals surface area (Å²) in [6.07, 6.45) is 0.389. The molecule has 2 rings (SSSR count). The molecule has 0 spiro atoms. The predicted octanol–water partition coefficient (Wildman–Crippen LogP) is 1.92. The number of carbonyl (C=O) groups excluding carboxylic acids is 1. The number of fused-ring (bicyclic) bond motifs is 1. The quantitative estimate of drug-likeness (QED) is 0.773. The number of hydrogen-bond acceptors (Lipinski definition) is 3. The fourth-order valence-electron chi connectivity index (χ4n) is 2.33. The van der Waals surface area contributed by atoms with Gasteiger partial charge in [-0.1, -0.05) is 32.0 Å². The Labute approximate surface area is 123 Å². The first-order chi connectivity index (χ1) is 9.97. The van der Waals surface area contributed by atoms with E-state index in [1.807, 2.05) is 38.1 Å². The van der Waals surface area contributed by atoms with Crippen LogP contribution < -0.4 is 15.4 Å². The second-order valence-electron chi connectivity index (χ2n) is 5.54. The van der Waals surface area contributed by atoms with Crippen molar-refractivity contribution >= 4 is 12.0 Å². The lowest BCUT2D eigenvalue weighted by Crippen LogP contribution is -2.47. The first-order valence-electron chi connectivity index (χ1n) is 6.99. The SMILES string of the molecule is CC(C)C[C@H](NC(=O)NC1COc2ccccc21)C(=O)O. The predicted molar refractivity (Wildman–Crippen MR) is 77.2 cm³/mol. The standard InChI is InChI=1S/C15H20N2O4/c1-9(2)7-11(14(18)19)16-15(20)17-12-8-21-13-6-4-3-5-10(12)13/h3-6,9,11-12H,7-8H2,1-2H3,(H,18,19)(H2,16,17,20)/t11-,12?/m0/s1. The van der Waals surface area contributed by atoms with Gasteiger partial charge in [0, 0.05) is 5.56 Å². The van der Waals surface area contributed by atoms with Crippen LogP contribution in [0.4, 0.5) is 4.79 Å². The molecule has 6 nitrogen and oxygen atoms in total. The molecular formula is C15H20N2O4. The summed E-state index contributed by atoms with van der Waals surface area (Å²) < 4.78 is 5.47. The highest BCUT2D eigenvalue weighted by Crippen LogP contribution is 2.31. The molecule has 2 amide bonds. The first kappa shape index (κ1) is 15.2. The van der Waals surface area contributed by atoms with E-state index in [-0.39, 0.29) is 12.0 Å². The average Bonchev–Trinajstić information content (AvgIpc) is 2.81. The maximum Gasteiger partial charge on any atom is 0.326 e. The Morgan fingerprint density at radius 3 is 2.76 bits per heavy atom. The summed E-state index contributed by atoms with van der Waals surface area (Å²) in [4.78, 5) is 23.1. The van der Waals surface area contributed by atoms with Crippen LogP contribution in [0.2, 0.25) is 0 Å². The van der Waals surface area contributed by atoms with Gasteiger partial charge in [-0.25, -0.2) is 9.59 Å². The van der Waals surface area contributed by atoms with Crippen LogP contribution in [0, 0.1) is 5.92 Å². The summed E-state index contributed by atoms with van der Waals surface area (Å²) in [5.74, 6) is -0.0939. The minimum absolute atomic E-state index is 0.182. The highest BCUT2D eigenvalue weighted by Gasteiger charge is 2.27. The van der Waals surface area contributed by atoms with E-state index in [0.717, 1.165) is 11.3 Å². The van der Waals surface area contributed by atoms with E-state index in [4.69, 9.17) is 9.84 Å². The van der Waals surface area contributed by atoms with Gasteiger partial charge in [0.25, 0.3) is 0 Å². The molecule has 1 aliphatic rings. The Morgan fingerprint density at radius 1 is 1.38 bits per heavy atom. The van der Waals surface area contributed by atoms with Gasteiger partial charge in [-0.3, -0.25) is 0 Å². The molecule has 114 valence electrons. The third-order valence-electron chi connectivity index (χ3n) is 3.32. The molecule has 1 heterocycles. The van der Waals surface area contributed by atoms with Crippen LogP contribution in [-0.4, -0.2) is 29.8 Å². The number of urea groups is 1. The Hall–Kier alpha value is -2.24. The topological polar surface area (TPSA) is 87.7 Å². The molecule has 0 aromatic heterocycles. The lowest BCUT2D eigenvalue weighted by Gasteiger charge is -2.18. The number of nitrogens with one attached hydrogen (secondary N) is 2. The van der Waals surface area contributed by atoms with Gasteiger partial charge in [0.2, 0.25) is 0 Å². The number of ether oxygens (including phenoxy) is 1. The molecule has 3 N–H and O–H groups in total. The number of carbonyl (C=O) groups is 2. The Kier molecular flexibility index (Phi) is 4.67. The molecule has 0 aliphatic carbocycles. The monoisotopic (exact) mass is 292 g/mol. The number of carboxylic acids is 1. The van der Waals surface area contributed by atoms with Gasteiger partial charge in [-0.05, 0) is 18.4 Å². The van der Waals surface area contributed by atoms with E-state index >= 15 is 0 Å². The number of aliphatic carboxylic acids is 1. The number of rotatable bonds is 5. The third-order valence-corrected chi connectivity index (χ3v) is 3.32. The molecule has 21 heavy (non-hydrogen) atoms. The van der Waals surface area contributed by atoms with Gasteiger partial charge >= 0.3 is 12.0 Å². The first-order valence-corrected chi connectivity index (χ1v) is 6.99. The zero-order valence-corrected chi connectivity index (χ0v) is 12.1. The van der Waals surface area contributed by atoms with Crippen LogP contribution in [0.3, 0.4) is 0 Å². The summed E-state index contributed by atoms with van der Waals surface area (Å²) in [5.41, 5.74) is 0.906. The molecule has 0 saturated carbocycles. The minimum Gasteiger partial charge on any atom is -0.491 e. The lowest BCUT2D eigenvalue weighted by molar-refractivity contribution is -0.139. The maximum absolute atomic E-state index is 12.0. The summed E-state index contributed by atoms with van der Waals surface area (Å²) in [7, 11) is 0. The van der Waals surface area contributed by atoms with Crippen molar-refractivity contribution in [3.63, 3.8) is 0 Å². The smallest absolute Gasteiger partial charge is 0.326 e. The zero-order valence-electron chi connectivity index (χ0n) is 12.1. The van der Waals surface area contributed by atoms with Crippen molar-refractivity contribution in [2.45, 2.75) is 32.4 Å². The fraction of sp³-hybridized carbons (Fsp3) is 0.467. The number of benzene rings is 1. The Balaban J connectivity index is 1.94. The average molecular weight is 292 g/mol. The van der Waals surface area contributed by atoms with Gasteiger partial charge in [0.1, 0.15) is 18.4 Å². The third kappa shape index (κ3) is 3.87. The van der Waals surface area contributed by atoms with Gasteiger partial charge in [-0.2, -0.15) is 0 Å². The Morgan fingerprint density at radius 2 is 2.10 bits per heavy atom. The number of hydrogen-bond donors (Lipinski definition) is 3. The van der Waals surface area contributed by atoms with Crippen molar-refractivity contribution in [1.82, 2.24) is 10.6 Å². The molecule has 0 fully saturated rings. The molecule has 2 atom stereocenters. The van der Waals surface area contributed by atoms with Crippen LogP contribution in [0.25, 0.3) is 0 Å². The van der Waals surface area contributed by atoms with E-state index < -0.39 is 18.0 Å². The zero-order chi connectivity index (χ0) is 15.4. The molecule has 0 bridgehead atoms. The number of carboxylic acid groups (broad SMARTS) is 1. The van der Waals surface area contributed by atoms with Crippen molar-refractivity contribution in [2.75, 3.05) is 6.61 Å². The highest BCUT2D eigenvalue weighted by molar-refractivity contribution is 5.82. The molecule has 6 heteroatoms. The largest absolute Gasteiger partial charge is 0.491 e. The summed E-state index contributed by atoms with van der Waals surface area (Å²) in [6.45, 7) is 4.18. The summed E-state index contributed by atoms with van der Waals surface area (Å²) >= 11 is 0. The van der Waals surface area contributed by atoms with Crippen molar-refractivity contribution in [2.24, 2.45) is 5.92 Å². The highest BCUT2D eigenvalue weighted by atomic mass is 16.5. The van der Waals surface area contributed by atoms with Gasteiger partial charge in [0.05, 0.1) is 6.04 Å². The molecule has 0 saturated heterocycles. The van der Waals surface area contributed by atoms with Gasteiger partial charge < -0.3 is 20.5 Å². The van der Waals surface area contributed by atoms with E-state index in [0.29, 0.717) is 13.0 Å². The molecule has 1 aromatic carbocycles. The van der Waals surface area contributed by atoms with Crippen molar-refractivity contribution in [3.8, 4) is 5.75 Å². The van der Waals surface area contributed by atoms with E-state index in [2.05, 4.69) is 10.6 Å². The van der Waals surface area contributed by atoms with E-state index in [9.17, 15) is 9.59 Å². The second-order valence-corrected chi connectivity index (χ2v) is 5.54. The Bertz CT molecular complexity index is 530. The van der Waals surface area contributed by atoms with Crippen LogP contribution in [0.15, 0.2) is 24.3 Å². The normalized spacial score (nSPS) is 17.8. The van der Waals surface area contributed by atoms with Crippen LogP contribution in [0.5, 0.6) is 5.75 Å². The minimum atomic E-state index is -1.03. The van der Waals surface area contributed by atoms with Crippen LogP contribution in [-0.2, 0) is 4.79 Å². The second kappa shape index (κ2) is 6.47. The lowest BCUT2D eigenvalue weighted by atomic mass is 10.0. The fourth-order valence-corrected chi connectivity index (χ4v) is 2.33. The van der Waals surface area contributed by atoms with E-state index in [1.165, 1.54) is 0 Å². The molecule has 1 unspecified atom stereocenters. The molecular weight excluding hydrogens is 272 g/mol. The van der Waals surface area contributed by atoms with Gasteiger partial charge in [0.15, 0.2) is 0 Å². The maximum atomic E-state index is 12.0. The van der Waals surface area contributed by atoms with E-state index in [1.54, 1.807) is 0 Å². The number of amides is 2. The molecule has 0 radical (unpaired) electrons. The van der Waals surface area contributed by atoms with Gasteiger partial charge in [-0.15, -0.1) is 0 Å². The molecule has 1 aliphatic heterocycles.